The van der Waals surface area contributed by atoms with E-state index in [1.165, 1.54) is 5.56 Å². The van der Waals surface area contributed by atoms with Crippen molar-refractivity contribution < 1.29 is 4.74 Å². The van der Waals surface area contributed by atoms with Gasteiger partial charge in [0, 0.05) is 5.02 Å². The first-order valence-corrected chi connectivity index (χ1v) is 9.51. The first kappa shape index (κ1) is 11.9. The molecule has 0 amide bonds. The zero-order valence-electron chi connectivity index (χ0n) is 9.91. The predicted octanol–water partition coefficient (Wildman–Crippen LogP) is 4.21. The van der Waals surface area contributed by atoms with Gasteiger partial charge in [-0.3, -0.25) is 0 Å². The highest BCUT2D eigenvalue weighted by Gasteiger charge is 2.37. The van der Waals surface area contributed by atoms with Gasteiger partial charge >= 0.3 is 0 Å². The molecule has 1 aliphatic heterocycles. The van der Waals surface area contributed by atoms with E-state index in [0.717, 1.165) is 5.02 Å². The van der Waals surface area contributed by atoms with Crippen molar-refractivity contribution in [2.24, 2.45) is 0 Å². The summed E-state index contributed by atoms with van der Waals surface area (Å²) in [6.07, 6.45) is 2.73. The number of ether oxygens (including phenoxy) is 1. The van der Waals surface area contributed by atoms with Crippen LogP contribution in [0.4, 0.5) is 0 Å². The molecule has 0 aromatic heterocycles. The Labute approximate surface area is 103 Å². The van der Waals surface area contributed by atoms with E-state index in [9.17, 15) is 0 Å². The summed E-state index contributed by atoms with van der Waals surface area (Å²) in [6.45, 7) is 6.97. The normalized spacial score (nSPS) is 25.0. The maximum Gasteiger partial charge on any atom is 0.113 e. The number of halogens is 1. The van der Waals surface area contributed by atoms with Crippen molar-refractivity contribution in [1.29, 1.82) is 0 Å². The lowest BCUT2D eigenvalue weighted by Crippen LogP contribution is -2.15. The van der Waals surface area contributed by atoms with E-state index in [1.54, 1.807) is 0 Å². The van der Waals surface area contributed by atoms with Crippen LogP contribution < -0.4 is 0 Å². The van der Waals surface area contributed by atoms with Crippen molar-refractivity contribution in [3.8, 4) is 0 Å². The Hall–Kier alpha value is -0.573. The molecule has 0 spiro atoms. The third-order valence-electron chi connectivity index (χ3n) is 2.51. The number of epoxide rings is 1. The molecule has 0 radical (unpaired) electrons. The zero-order valence-corrected chi connectivity index (χ0v) is 11.7. The van der Waals surface area contributed by atoms with E-state index in [4.69, 9.17) is 16.3 Å². The van der Waals surface area contributed by atoms with Crippen LogP contribution >= 0.6 is 11.6 Å². The monoisotopic (exact) mass is 252 g/mol. The average molecular weight is 253 g/mol. The topological polar surface area (TPSA) is 12.5 Å². The van der Waals surface area contributed by atoms with Crippen LogP contribution in [0.5, 0.6) is 0 Å². The zero-order chi connectivity index (χ0) is 11.8. The lowest BCUT2D eigenvalue weighted by molar-refractivity contribution is 0.394. The molecule has 1 fully saturated rings. The van der Waals surface area contributed by atoms with Gasteiger partial charge in [0.15, 0.2) is 0 Å². The second-order valence-corrected chi connectivity index (χ2v) is 10.8. The molecule has 1 nitrogen and oxygen atoms in total. The van der Waals surface area contributed by atoms with Gasteiger partial charge in [-0.05, 0) is 17.7 Å². The maximum absolute atomic E-state index is 5.84. The largest absolute Gasteiger partial charge is 0.360 e. The Kier molecular flexibility index (Phi) is 3.24. The molecule has 16 heavy (non-hydrogen) atoms. The highest BCUT2D eigenvalue weighted by molar-refractivity contribution is 6.80. The van der Waals surface area contributed by atoms with E-state index in [0.29, 0.717) is 0 Å². The summed E-state index contributed by atoms with van der Waals surface area (Å²) in [5.41, 5.74) is 3.56. The summed E-state index contributed by atoms with van der Waals surface area (Å²) in [6, 6.07) is 7.90. The van der Waals surface area contributed by atoms with Gasteiger partial charge in [-0.25, -0.2) is 0 Å². The molecule has 3 heteroatoms. The van der Waals surface area contributed by atoms with Crippen molar-refractivity contribution in [2.75, 3.05) is 0 Å². The van der Waals surface area contributed by atoms with Crippen LogP contribution in [-0.4, -0.2) is 14.2 Å². The van der Waals surface area contributed by atoms with Crippen LogP contribution in [-0.2, 0) is 4.74 Å². The minimum atomic E-state index is -1.10. The Balaban J connectivity index is 1.97. The molecular weight excluding hydrogens is 236 g/mol. The number of benzene rings is 1. The van der Waals surface area contributed by atoms with Gasteiger partial charge in [-0.2, -0.15) is 0 Å². The summed E-state index contributed by atoms with van der Waals surface area (Å²) in [5.74, 6) is 0. The third kappa shape index (κ3) is 3.21. The van der Waals surface area contributed by atoms with Gasteiger partial charge in [0.05, 0.1) is 8.07 Å². The summed E-state index contributed by atoms with van der Waals surface area (Å²) in [7, 11) is -1.10. The van der Waals surface area contributed by atoms with Crippen LogP contribution in [0.3, 0.4) is 0 Å². The average Bonchev–Trinajstić information content (AvgIpc) is 2.94. The number of hydrogen-bond acceptors (Lipinski definition) is 1. The fourth-order valence-electron chi connectivity index (χ4n) is 1.57. The van der Waals surface area contributed by atoms with Crippen molar-refractivity contribution >= 4 is 19.7 Å². The van der Waals surface area contributed by atoms with Gasteiger partial charge < -0.3 is 4.74 Å². The molecule has 1 aromatic rings. The van der Waals surface area contributed by atoms with Gasteiger partial charge in [-0.1, -0.05) is 55.2 Å². The Bertz CT molecular complexity index is 391. The van der Waals surface area contributed by atoms with Crippen LogP contribution in [0.2, 0.25) is 24.7 Å². The van der Waals surface area contributed by atoms with Gasteiger partial charge in [0.1, 0.15) is 12.2 Å². The molecule has 1 heterocycles. The van der Waals surface area contributed by atoms with Crippen molar-refractivity contribution in [3.63, 3.8) is 0 Å². The summed E-state index contributed by atoms with van der Waals surface area (Å²) >= 11 is 5.84. The van der Waals surface area contributed by atoms with Crippen molar-refractivity contribution in [3.05, 3.63) is 46.6 Å². The van der Waals surface area contributed by atoms with Crippen LogP contribution in [0, 0.1) is 0 Å². The molecule has 0 aliphatic carbocycles. The van der Waals surface area contributed by atoms with E-state index in [2.05, 4.69) is 31.4 Å². The van der Waals surface area contributed by atoms with Gasteiger partial charge in [0.2, 0.25) is 0 Å². The molecule has 86 valence electrons. The molecule has 0 saturated carbocycles. The van der Waals surface area contributed by atoms with E-state index < -0.39 is 8.07 Å². The van der Waals surface area contributed by atoms with Crippen molar-refractivity contribution in [1.82, 2.24) is 0 Å². The standard InChI is InChI=1S/C13H17ClOSi/c1-16(2,3)9-8-12-13(15-12)10-4-6-11(14)7-5-10/h4-9,12-13H,1-3H3. The fourth-order valence-corrected chi connectivity index (χ4v) is 2.47. The Morgan fingerprint density at radius 3 is 2.38 bits per heavy atom. The van der Waals surface area contributed by atoms with E-state index in [1.807, 2.05) is 24.3 Å². The summed E-state index contributed by atoms with van der Waals surface area (Å²) < 4.78 is 5.63. The summed E-state index contributed by atoms with van der Waals surface area (Å²) in [4.78, 5) is 0. The molecule has 0 N–H and O–H groups in total. The second-order valence-electron chi connectivity index (χ2n) is 5.30. The lowest BCUT2D eigenvalue weighted by Gasteiger charge is -2.07. The fraction of sp³-hybridized carbons (Fsp3) is 0.385. The van der Waals surface area contributed by atoms with Crippen molar-refractivity contribution in [2.45, 2.75) is 31.8 Å². The Morgan fingerprint density at radius 2 is 1.81 bits per heavy atom. The van der Waals surface area contributed by atoms with Gasteiger partial charge in [0.25, 0.3) is 0 Å². The predicted molar refractivity (Wildman–Crippen MR) is 71.6 cm³/mol. The number of hydrogen-bond donors (Lipinski definition) is 0. The lowest BCUT2D eigenvalue weighted by atomic mass is 10.1. The van der Waals surface area contributed by atoms with Crippen LogP contribution in [0.1, 0.15) is 11.7 Å². The highest BCUT2D eigenvalue weighted by Crippen LogP contribution is 2.40. The molecule has 0 bridgehead atoms. The SMILES string of the molecule is C[Si](C)(C)C=CC1OC1c1ccc(Cl)cc1. The van der Waals surface area contributed by atoms with Gasteiger partial charge in [-0.15, -0.1) is 0 Å². The molecule has 2 unspecified atom stereocenters. The second kappa shape index (κ2) is 4.36. The summed E-state index contributed by atoms with van der Waals surface area (Å²) in [5, 5.41) is 0.776. The molecule has 2 atom stereocenters. The molecular formula is C13H17ClOSi. The van der Waals surface area contributed by atoms with E-state index >= 15 is 0 Å². The molecule has 1 saturated heterocycles. The quantitative estimate of drug-likeness (QED) is 0.580. The molecule has 2 rings (SSSR count). The first-order valence-electron chi connectivity index (χ1n) is 5.56. The number of rotatable bonds is 3. The Morgan fingerprint density at radius 1 is 1.19 bits per heavy atom. The smallest absolute Gasteiger partial charge is 0.113 e. The molecule has 1 aliphatic rings. The molecule has 1 aromatic carbocycles. The van der Waals surface area contributed by atoms with Crippen LogP contribution in [0.25, 0.3) is 0 Å². The van der Waals surface area contributed by atoms with E-state index in [-0.39, 0.29) is 12.2 Å². The first-order chi connectivity index (χ1) is 7.46. The highest BCUT2D eigenvalue weighted by atomic mass is 35.5. The van der Waals surface area contributed by atoms with Crippen LogP contribution in [0.15, 0.2) is 36.0 Å². The minimum absolute atomic E-state index is 0.241. The third-order valence-corrected chi connectivity index (χ3v) is 3.95. The minimum Gasteiger partial charge on any atom is -0.360 e. The maximum atomic E-state index is 5.84.